The first-order valence-electron chi connectivity index (χ1n) is 8.72. The predicted molar refractivity (Wildman–Crippen MR) is 105 cm³/mol. The third-order valence-corrected chi connectivity index (χ3v) is 4.72. The molecule has 0 aliphatic carbocycles. The van der Waals surface area contributed by atoms with Gasteiger partial charge in [0.1, 0.15) is 11.6 Å². The van der Waals surface area contributed by atoms with Crippen molar-refractivity contribution in [2.45, 2.75) is 6.17 Å². The Labute approximate surface area is 162 Å². The van der Waals surface area contributed by atoms with Gasteiger partial charge in [0.15, 0.2) is 17.7 Å². The molecule has 0 saturated heterocycles. The zero-order valence-electron chi connectivity index (χ0n) is 15.9. The van der Waals surface area contributed by atoms with Crippen LogP contribution in [0.4, 0.5) is 5.69 Å². The second-order valence-electron chi connectivity index (χ2n) is 6.21. The van der Waals surface area contributed by atoms with Gasteiger partial charge >= 0.3 is 0 Å². The predicted octanol–water partition coefficient (Wildman–Crippen LogP) is 2.17. The fourth-order valence-electron chi connectivity index (χ4n) is 3.28. The molecule has 7 nitrogen and oxygen atoms in total. The Hall–Kier alpha value is -3.61. The maximum Gasteiger partial charge on any atom is 0.227 e. The number of benzene rings is 2. The van der Waals surface area contributed by atoms with Crippen LogP contribution in [0.2, 0.25) is 0 Å². The normalized spacial score (nSPS) is 15.6. The molecule has 7 heteroatoms. The zero-order valence-corrected chi connectivity index (χ0v) is 15.9. The van der Waals surface area contributed by atoms with Gasteiger partial charge in [0.05, 0.1) is 32.8 Å². The molecule has 0 amide bonds. The van der Waals surface area contributed by atoms with Crippen molar-refractivity contribution < 1.29 is 18.6 Å². The van der Waals surface area contributed by atoms with Crippen molar-refractivity contribution >= 4 is 11.5 Å². The summed E-state index contributed by atoms with van der Waals surface area (Å²) < 4.78 is 21.6. The highest BCUT2D eigenvalue weighted by Crippen LogP contribution is 2.37. The molecule has 2 N–H and O–H groups in total. The van der Waals surface area contributed by atoms with E-state index >= 15 is 0 Å². The molecule has 28 heavy (non-hydrogen) atoms. The number of fused-ring (bicyclic) bond motifs is 1. The molecule has 1 unspecified atom stereocenters. The quantitative estimate of drug-likeness (QED) is 0.732. The maximum absolute atomic E-state index is 6.54. The van der Waals surface area contributed by atoms with E-state index in [1.165, 1.54) is 0 Å². The van der Waals surface area contributed by atoms with Crippen molar-refractivity contribution in [2.24, 2.45) is 10.7 Å². The average Bonchev–Trinajstić information content (AvgIpc) is 3.22. The Morgan fingerprint density at radius 3 is 2.36 bits per heavy atom. The highest BCUT2D eigenvalue weighted by molar-refractivity contribution is 5.71. The average molecular weight is 379 g/mol. The Bertz CT molecular complexity index is 1110. The summed E-state index contributed by atoms with van der Waals surface area (Å²) in [5, 5.41) is 0.750. The second kappa shape index (κ2) is 7.19. The summed E-state index contributed by atoms with van der Waals surface area (Å²) in [4.78, 5) is 6.73. The van der Waals surface area contributed by atoms with E-state index in [0.717, 1.165) is 22.2 Å². The number of methoxy groups -OCH3 is 3. The molecule has 3 aromatic rings. The lowest BCUT2D eigenvalue weighted by Crippen LogP contribution is -2.43. The summed E-state index contributed by atoms with van der Waals surface area (Å²) in [5.41, 5.74) is 8.82. The zero-order chi connectivity index (χ0) is 19.7. The van der Waals surface area contributed by atoms with Crippen LogP contribution in [0.5, 0.6) is 17.2 Å². The SMILES string of the molecule is COc1ccc(C2N=c3occc3=C(N)N2c2ccc(OC)c(OC)c2)cc1. The first-order chi connectivity index (χ1) is 13.7. The van der Waals surface area contributed by atoms with Gasteiger partial charge < -0.3 is 29.3 Å². The van der Waals surface area contributed by atoms with E-state index < -0.39 is 6.17 Å². The Morgan fingerprint density at radius 2 is 1.68 bits per heavy atom. The van der Waals surface area contributed by atoms with Crippen LogP contribution < -0.4 is 35.6 Å². The summed E-state index contributed by atoms with van der Waals surface area (Å²) >= 11 is 0. The monoisotopic (exact) mass is 379 g/mol. The smallest absolute Gasteiger partial charge is 0.227 e. The van der Waals surface area contributed by atoms with Crippen LogP contribution >= 0.6 is 0 Å². The summed E-state index contributed by atoms with van der Waals surface area (Å²) in [7, 11) is 4.84. The molecule has 1 aliphatic heterocycles. The minimum atomic E-state index is -0.400. The van der Waals surface area contributed by atoms with E-state index in [0.29, 0.717) is 22.9 Å². The molecule has 2 heterocycles. The van der Waals surface area contributed by atoms with Crippen molar-refractivity contribution in [2.75, 3.05) is 26.2 Å². The van der Waals surface area contributed by atoms with Gasteiger partial charge in [0, 0.05) is 11.8 Å². The van der Waals surface area contributed by atoms with Crippen LogP contribution in [0.1, 0.15) is 11.7 Å². The fourth-order valence-corrected chi connectivity index (χ4v) is 3.28. The number of rotatable bonds is 5. The van der Waals surface area contributed by atoms with Gasteiger partial charge in [-0.05, 0) is 35.9 Å². The largest absolute Gasteiger partial charge is 0.497 e. The molecule has 0 spiro atoms. The van der Waals surface area contributed by atoms with Gasteiger partial charge in [-0.3, -0.25) is 0 Å². The van der Waals surface area contributed by atoms with Crippen molar-refractivity contribution in [1.82, 2.24) is 0 Å². The van der Waals surface area contributed by atoms with Crippen molar-refractivity contribution in [3.05, 3.63) is 71.1 Å². The topological polar surface area (TPSA) is 82.5 Å². The number of hydrogen-bond donors (Lipinski definition) is 1. The maximum atomic E-state index is 6.54. The van der Waals surface area contributed by atoms with Gasteiger partial charge in [-0.2, -0.15) is 0 Å². The Kier molecular flexibility index (Phi) is 4.57. The van der Waals surface area contributed by atoms with Crippen molar-refractivity contribution in [1.29, 1.82) is 0 Å². The number of ether oxygens (including phenoxy) is 3. The molecule has 0 fully saturated rings. The first kappa shape index (κ1) is 17.8. The van der Waals surface area contributed by atoms with Crippen molar-refractivity contribution in [3.63, 3.8) is 0 Å². The third-order valence-electron chi connectivity index (χ3n) is 4.72. The Balaban J connectivity index is 1.88. The second-order valence-corrected chi connectivity index (χ2v) is 6.21. The van der Waals surface area contributed by atoms with Crippen LogP contribution in [-0.4, -0.2) is 21.3 Å². The van der Waals surface area contributed by atoms with Gasteiger partial charge in [-0.1, -0.05) is 12.1 Å². The Morgan fingerprint density at radius 1 is 0.929 bits per heavy atom. The van der Waals surface area contributed by atoms with Crippen LogP contribution in [0.25, 0.3) is 5.82 Å². The molecule has 2 aromatic carbocycles. The molecular weight excluding hydrogens is 358 g/mol. The van der Waals surface area contributed by atoms with E-state index in [4.69, 9.17) is 29.4 Å². The minimum absolute atomic E-state index is 0.400. The van der Waals surface area contributed by atoms with Gasteiger partial charge in [0.2, 0.25) is 5.55 Å². The number of anilines is 1. The third kappa shape index (κ3) is 2.90. The van der Waals surface area contributed by atoms with Crippen LogP contribution in [0.3, 0.4) is 0 Å². The highest BCUT2D eigenvalue weighted by Gasteiger charge is 2.28. The van der Waals surface area contributed by atoms with Gasteiger partial charge in [-0.15, -0.1) is 0 Å². The van der Waals surface area contributed by atoms with Crippen LogP contribution in [0, 0.1) is 0 Å². The van der Waals surface area contributed by atoms with Gasteiger partial charge in [0.25, 0.3) is 0 Å². The van der Waals surface area contributed by atoms with E-state index in [1.54, 1.807) is 27.6 Å². The van der Waals surface area contributed by atoms with Crippen LogP contribution in [0.15, 0.2) is 64.2 Å². The van der Waals surface area contributed by atoms with E-state index in [-0.39, 0.29) is 0 Å². The minimum Gasteiger partial charge on any atom is -0.497 e. The number of hydrogen-bond acceptors (Lipinski definition) is 7. The molecule has 0 bridgehead atoms. The lowest BCUT2D eigenvalue weighted by Gasteiger charge is -2.33. The fraction of sp³-hybridized carbons (Fsp3) is 0.190. The van der Waals surface area contributed by atoms with Crippen molar-refractivity contribution in [3.8, 4) is 17.2 Å². The molecule has 1 aromatic heterocycles. The summed E-state index contributed by atoms with van der Waals surface area (Å²) in [6.45, 7) is 0. The standard InChI is InChI=1S/C21H21N3O4/c1-25-15-7-4-13(5-8-15)20-23-21-16(10-11-28-21)19(22)24(20)14-6-9-17(26-2)18(12-14)27-3/h4-12,20H,22H2,1-3H3. The van der Waals surface area contributed by atoms with E-state index in [2.05, 4.69) is 0 Å². The lowest BCUT2D eigenvalue weighted by molar-refractivity contribution is 0.355. The molecule has 1 atom stereocenters. The molecule has 0 saturated carbocycles. The highest BCUT2D eigenvalue weighted by atomic mass is 16.5. The van der Waals surface area contributed by atoms with E-state index in [1.807, 2.05) is 53.4 Å². The molecule has 144 valence electrons. The summed E-state index contributed by atoms with van der Waals surface area (Å²) in [5.74, 6) is 2.57. The van der Waals surface area contributed by atoms with Crippen LogP contribution in [-0.2, 0) is 0 Å². The molecular formula is C21H21N3O4. The summed E-state index contributed by atoms with van der Waals surface area (Å²) in [6.07, 6.45) is 1.19. The number of nitrogens with two attached hydrogens (primary N) is 1. The number of furan rings is 1. The van der Waals surface area contributed by atoms with Gasteiger partial charge in [-0.25, -0.2) is 4.99 Å². The molecule has 1 aliphatic rings. The lowest BCUT2D eigenvalue weighted by atomic mass is 10.1. The molecule has 0 radical (unpaired) electrons. The molecule has 4 rings (SSSR count). The number of nitrogens with zero attached hydrogens (tertiary/aromatic N) is 2. The summed E-state index contributed by atoms with van der Waals surface area (Å²) in [6, 6.07) is 15.2. The van der Waals surface area contributed by atoms with E-state index in [9.17, 15) is 0 Å². The first-order valence-corrected chi connectivity index (χ1v) is 8.72.